The summed E-state index contributed by atoms with van der Waals surface area (Å²) in [5, 5.41) is 21.0. The van der Waals surface area contributed by atoms with Crippen molar-refractivity contribution < 1.29 is 24.5 Å². The molecule has 0 unspecified atom stereocenters. The zero-order valence-electron chi connectivity index (χ0n) is 11.7. The lowest BCUT2D eigenvalue weighted by atomic mass is 10.1. The minimum Gasteiger partial charge on any atom is -0.508 e. The average Bonchev–Trinajstić information content (AvgIpc) is 3.25. The fourth-order valence-electron chi connectivity index (χ4n) is 2.03. The summed E-state index contributed by atoms with van der Waals surface area (Å²) in [4.78, 5) is 25.1. The molecule has 0 heterocycles. The van der Waals surface area contributed by atoms with Gasteiger partial charge in [0.05, 0.1) is 17.9 Å². The van der Waals surface area contributed by atoms with Gasteiger partial charge in [-0.05, 0) is 31.0 Å². The maximum atomic E-state index is 12.3. The van der Waals surface area contributed by atoms with Crippen molar-refractivity contribution in [1.82, 2.24) is 4.90 Å². The Morgan fingerprint density at radius 2 is 2.14 bits per heavy atom. The standard InChI is InChI=1S/C14H18N2O5/c1-21-7-6-16(9-2-3-9)14(20)15-12-5-4-10(17)8-11(12)13(18)19/h4-5,8-9,17H,2-3,6-7H2,1H3,(H,15,20)(H,18,19). The van der Waals surface area contributed by atoms with Crippen LogP contribution in [0.15, 0.2) is 18.2 Å². The van der Waals surface area contributed by atoms with Gasteiger partial charge in [-0.15, -0.1) is 0 Å². The van der Waals surface area contributed by atoms with E-state index in [9.17, 15) is 14.7 Å². The van der Waals surface area contributed by atoms with Gasteiger partial charge in [0.1, 0.15) is 5.75 Å². The van der Waals surface area contributed by atoms with Gasteiger partial charge < -0.3 is 25.2 Å². The third-order valence-corrected chi connectivity index (χ3v) is 3.26. The van der Waals surface area contributed by atoms with Crippen molar-refractivity contribution in [3.8, 4) is 5.75 Å². The van der Waals surface area contributed by atoms with Crippen molar-refractivity contribution in [2.45, 2.75) is 18.9 Å². The maximum Gasteiger partial charge on any atom is 0.337 e. The number of carbonyl (C=O) groups is 2. The molecule has 0 radical (unpaired) electrons. The lowest BCUT2D eigenvalue weighted by molar-refractivity contribution is 0.0697. The number of hydrogen-bond donors (Lipinski definition) is 3. The summed E-state index contributed by atoms with van der Waals surface area (Å²) in [6.07, 6.45) is 1.89. The molecular weight excluding hydrogens is 276 g/mol. The molecule has 0 spiro atoms. The molecule has 0 aliphatic heterocycles. The average molecular weight is 294 g/mol. The van der Waals surface area contributed by atoms with Gasteiger partial charge >= 0.3 is 12.0 Å². The highest BCUT2D eigenvalue weighted by Gasteiger charge is 2.32. The second-order valence-electron chi connectivity index (χ2n) is 4.88. The summed E-state index contributed by atoms with van der Waals surface area (Å²) < 4.78 is 4.98. The van der Waals surface area contributed by atoms with Crippen LogP contribution in [0.5, 0.6) is 5.75 Å². The number of aromatic hydroxyl groups is 1. The van der Waals surface area contributed by atoms with E-state index in [1.807, 2.05) is 0 Å². The number of benzene rings is 1. The largest absolute Gasteiger partial charge is 0.508 e. The number of ether oxygens (including phenoxy) is 1. The highest BCUT2D eigenvalue weighted by atomic mass is 16.5. The van der Waals surface area contributed by atoms with Gasteiger partial charge in [0, 0.05) is 19.7 Å². The van der Waals surface area contributed by atoms with Crippen LogP contribution in [0.1, 0.15) is 23.2 Å². The van der Waals surface area contributed by atoms with Crippen LogP contribution in [0, 0.1) is 0 Å². The van der Waals surface area contributed by atoms with Gasteiger partial charge in [0.25, 0.3) is 0 Å². The monoisotopic (exact) mass is 294 g/mol. The Bertz CT molecular complexity index is 542. The Labute approximate surface area is 122 Å². The number of amides is 2. The number of hydrogen-bond acceptors (Lipinski definition) is 4. The summed E-state index contributed by atoms with van der Waals surface area (Å²) in [7, 11) is 1.56. The third-order valence-electron chi connectivity index (χ3n) is 3.26. The van der Waals surface area contributed by atoms with E-state index < -0.39 is 5.97 Å². The zero-order chi connectivity index (χ0) is 15.4. The molecule has 0 atom stereocenters. The lowest BCUT2D eigenvalue weighted by Gasteiger charge is -2.23. The lowest BCUT2D eigenvalue weighted by Crippen LogP contribution is -2.39. The molecule has 21 heavy (non-hydrogen) atoms. The summed E-state index contributed by atoms with van der Waals surface area (Å²) >= 11 is 0. The molecule has 0 saturated heterocycles. The maximum absolute atomic E-state index is 12.3. The molecule has 7 heteroatoms. The zero-order valence-corrected chi connectivity index (χ0v) is 11.7. The van der Waals surface area contributed by atoms with E-state index in [0.717, 1.165) is 18.9 Å². The number of nitrogens with one attached hydrogen (secondary N) is 1. The summed E-state index contributed by atoms with van der Waals surface area (Å²) in [5.74, 6) is -1.38. The number of phenols is 1. The quantitative estimate of drug-likeness (QED) is 0.694. The minimum absolute atomic E-state index is 0.147. The van der Waals surface area contributed by atoms with Crippen LogP contribution >= 0.6 is 0 Å². The highest BCUT2D eigenvalue weighted by molar-refractivity contribution is 6.00. The van der Waals surface area contributed by atoms with Crippen molar-refractivity contribution in [1.29, 1.82) is 0 Å². The van der Waals surface area contributed by atoms with Crippen LogP contribution in [0.25, 0.3) is 0 Å². The van der Waals surface area contributed by atoms with Gasteiger partial charge in [-0.2, -0.15) is 0 Å². The van der Waals surface area contributed by atoms with E-state index in [4.69, 9.17) is 9.84 Å². The first-order valence-electron chi connectivity index (χ1n) is 6.65. The Balaban J connectivity index is 2.12. The number of aromatic carboxylic acids is 1. The molecule has 1 aliphatic rings. The van der Waals surface area contributed by atoms with Gasteiger partial charge in [-0.1, -0.05) is 0 Å². The van der Waals surface area contributed by atoms with E-state index in [1.165, 1.54) is 12.1 Å². The van der Waals surface area contributed by atoms with Gasteiger partial charge in [-0.3, -0.25) is 0 Å². The predicted octanol–water partition coefficient (Wildman–Crippen LogP) is 1.73. The van der Waals surface area contributed by atoms with Crippen LogP contribution < -0.4 is 5.32 Å². The smallest absolute Gasteiger partial charge is 0.337 e. The van der Waals surface area contributed by atoms with Crippen molar-refractivity contribution in [2.24, 2.45) is 0 Å². The SMILES string of the molecule is COCCN(C(=O)Nc1ccc(O)cc1C(=O)O)C1CC1. The molecule has 0 bridgehead atoms. The first-order valence-corrected chi connectivity index (χ1v) is 6.65. The van der Waals surface area contributed by atoms with Crippen molar-refractivity contribution >= 4 is 17.7 Å². The van der Waals surface area contributed by atoms with Gasteiger partial charge in [0.15, 0.2) is 0 Å². The normalized spacial score (nSPS) is 13.8. The van der Waals surface area contributed by atoms with Crippen molar-refractivity contribution in [3.63, 3.8) is 0 Å². The van der Waals surface area contributed by atoms with Crippen LogP contribution in [-0.4, -0.2) is 53.4 Å². The minimum atomic E-state index is -1.21. The number of rotatable bonds is 6. The Hall–Kier alpha value is -2.28. The van der Waals surface area contributed by atoms with Crippen LogP contribution in [-0.2, 0) is 4.74 Å². The van der Waals surface area contributed by atoms with Crippen LogP contribution in [0.2, 0.25) is 0 Å². The van der Waals surface area contributed by atoms with Gasteiger partial charge in [0.2, 0.25) is 0 Å². The van der Waals surface area contributed by atoms with E-state index in [-0.39, 0.29) is 29.1 Å². The molecule has 1 saturated carbocycles. The molecule has 1 aromatic rings. The summed E-state index contributed by atoms with van der Waals surface area (Å²) in [6.45, 7) is 0.874. The fraction of sp³-hybridized carbons (Fsp3) is 0.429. The van der Waals surface area contributed by atoms with E-state index in [1.54, 1.807) is 12.0 Å². The third kappa shape index (κ3) is 3.85. The van der Waals surface area contributed by atoms with Gasteiger partial charge in [-0.25, -0.2) is 9.59 Å². The molecule has 2 rings (SSSR count). The van der Waals surface area contributed by atoms with Crippen molar-refractivity contribution in [3.05, 3.63) is 23.8 Å². The number of anilines is 1. The number of phenolic OH excluding ortho intramolecular Hbond substituents is 1. The second kappa shape index (κ2) is 6.45. The number of carbonyl (C=O) groups excluding carboxylic acids is 1. The molecule has 1 fully saturated rings. The molecule has 2 amide bonds. The molecule has 0 aromatic heterocycles. The molecule has 114 valence electrons. The topological polar surface area (TPSA) is 99.1 Å². The summed E-state index contributed by atoms with van der Waals surface area (Å²) in [5.41, 5.74) is 0.0132. The number of carboxylic acid groups (broad SMARTS) is 1. The number of methoxy groups -OCH3 is 1. The molecular formula is C14H18N2O5. The van der Waals surface area contributed by atoms with Crippen LogP contribution in [0.3, 0.4) is 0 Å². The first-order chi connectivity index (χ1) is 10.0. The second-order valence-corrected chi connectivity index (χ2v) is 4.88. The molecule has 3 N–H and O–H groups in total. The Kier molecular flexibility index (Phi) is 4.64. The van der Waals surface area contributed by atoms with E-state index in [0.29, 0.717) is 13.2 Å². The Morgan fingerprint density at radius 3 is 2.71 bits per heavy atom. The Morgan fingerprint density at radius 1 is 1.43 bits per heavy atom. The first kappa shape index (κ1) is 15.1. The van der Waals surface area contributed by atoms with Crippen molar-refractivity contribution in [2.75, 3.05) is 25.6 Å². The van der Waals surface area contributed by atoms with E-state index in [2.05, 4.69) is 5.32 Å². The van der Waals surface area contributed by atoms with Crippen LogP contribution in [0.4, 0.5) is 10.5 Å². The predicted molar refractivity (Wildman–Crippen MR) is 75.7 cm³/mol. The molecule has 7 nitrogen and oxygen atoms in total. The summed E-state index contributed by atoms with van der Waals surface area (Å²) in [6, 6.07) is 3.64. The number of carboxylic acids is 1. The fourth-order valence-corrected chi connectivity index (χ4v) is 2.03. The molecule has 1 aromatic carbocycles. The number of nitrogens with zero attached hydrogens (tertiary/aromatic N) is 1. The molecule has 1 aliphatic carbocycles. The van der Waals surface area contributed by atoms with E-state index >= 15 is 0 Å². The number of urea groups is 1. The highest BCUT2D eigenvalue weighted by Crippen LogP contribution is 2.28.